The van der Waals surface area contributed by atoms with Crippen LogP contribution in [0, 0.1) is 0 Å². The first kappa shape index (κ1) is 32.1. The van der Waals surface area contributed by atoms with Gasteiger partial charge in [-0.15, -0.1) is 0 Å². The van der Waals surface area contributed by atoms with Gasteiger partial charge < -0.3 is 1.43 Å². The van der Waals surface area contributed by atoms with Crippen LogP contribution in [-0.4, -0.2) is 24.4 Å². The maximum atomic E-state index is 0. The Balaban J connectivity index is 0. The number of hydrogen-bond donors (Lipinski definition) is 0. The van der Waals surface area contributed by atoms with Crippen molar-refractivity contribution < 1.29 is 53.8 Å². The van der Waals surface area contributed by atoms with E-state index in [2.05, 4.69) is 0 Å². The summed E-state index contributed by atoms with van der Waals surface area (Å²) >= 11 is 0. The molecule has 0 aromatic rings. The van der Waals surface area contributed by atoms with E-state index in [0.29, 0.717) is 0 Å². The predicted octanol–water partition coefficient (Wildman–Crippen LogP) is -4.07. The summed E-state index contributed by atoms with van der Waals surface area (Å²) < 4.78 is 0. The van der Waals surface area contributed by atoms with E-state index in [1.54, 1.807) is 0 Å². The zero-order valence-electron chi connectivity index (χ0n) is 3.40. The minimum absolute atomic E-state index is 0. The van der Waals surface area contributed by atoms with Gasteiger partial charge in [0.05, 0.1) is 0 Å². The van der Waals surface area contributed by atoms with Crippen molar-refractivity contribution in [2.45, 2.75) is 0 Å². The average Bonchev–Trinajstić information content (AvgIpc) is 0. The van der Waals surface area contributed by atoms with Crippen LogP contribution in [0.2, 0.25) is 0 Å². The molecule has 0 aromatic carbocycles. The van der Waals surface area contributed by atoms with E-state index in [1.807, 2.05) is 0 Å². The third-order valence-corrected chi connectivity index (χ3v) is 0. The van der Waals surface area contributed by atoms with Crippen LogP contribution in [0.4, 0.5) is 0 Å². The molecule has 0 aliphatic carbocycles. The first-order chi connectivity index (χ1) is 0. The van der Waals surface area contributed by atoms with E-state index in [1.165, 1.54) is 0 Å². The van der Waals surface area contributed by atoms with Crippen molar-refractivity contribution in [2.75, 3.05) is 0 Å². The molecule has 0 saturated carbocycles. The molecular formula is H4LiMnNiSb. The maximum absolute atomic E-state index is 0. The minimum atomic E-state index is 0. The Morgan fingerprint density at radius 1 is 1.25 bits per heavy atom. The second-order valence-electron chi connectivity index (χ2n) is 0. The van der Waals surface area contributed by atoms with Crippen LogP contribution in [0.5, 0.6) is 0 Å². The Morgan fingerprint density at radius 2 is 1.25 bits per heavy atom. The summed E-state index contributed by atoms with van der Waals surface area (Å²) in [4.78, 5) is 0. The molecular weight excluding hydrogens is 242 g/mol. The standard InChI is InChI=1S/Li.Mn.Ni.Sb.4H/q+1;;;;;;;-1. The summed E-state index contributed by atoms with van der Waals surface area (Å²) in [5.74, 6) is 0. The predicted molar refractivity (Wildman–Crippen MR) is 11.1 cm³/mol. The van der Waals surface area contributed by atoms with E-state index < -0.39 is 0 Å². The van der Waals surface area contributed by atoms with Gasteiger partial charge in [0.2, 0.25) is 0 Å². The van der Waals surface area contributed by atoms with E-state index in [4.69, 9.17) is 0 Å². The van der Waals surface area contributed by atoms with E-state index >= 15 is 0 Å². The monoisotopic (exact) mass is 245 g/mol. The third-order valence-electron chi connectivity index (χ3n) is 0. The van der Waals surface area contributed by atoms with Gasteiger partial charge in [-0.05, 0) is 0 Å². The zero-order chi connectivity index (χ0) is 0. The van der Waals surface area contributed by atoms with E-state index in [0.717, 1.165) is 0 Å². The fourth-order valence-corrected chi connectivity index (χ4v) is 0. The Morgan fingerprint density at radius 3 is 1.25 bits per heavy atom. The Kier molecular flexibility index (Phi) is 145. The van der Waals surface area contributed by atoms with Crippen molar-refractivity contribution in [3.63, 3.8) is 0 Å². The summed E-state index contributed by atoms with van der Waals surface area (Å²) in [6.07, 6.45) is 0. The van der Waals surface area contributed by atoms with Gasteiger partial charge in [0.25, 0.3) is 0 Å². The second kappa shape index (κ2) is 18.1. The SMILES string of the molecule is [H-].[Li+].[Mn].[Ni].[SbH3]. The summed E-state index contributed by atoms with van der Waals surface area (Å²) in [5, 5.41) is 0. The van der Waals surface area contributed by atoms with Gasteiger partial charge >= 0.3 is 43.3 Å². The number of hydrogen-bond acceptors (Lipinski definition) is 0. The zero-order valence-corrected chi connectivity index (χ0v) is 8.61. The van der Waals surface area contributed by atoms with Gasteiger partial charge in [0.15, 0.2) is 0 Å². The van der Waals surface area contributed by atoms with Crippen molar-refractivity contribution >= 4 is 24.4 Å². The Hall–Kier alpha value is 2.43. The van der Waals surface area contributed by atoms with Crippen LogP contribution in [0.25, 0.3) is 0 Å². The van der Waals surface area contributed by atoms with Gasteiger partial charge in [0.1, 0.15) is 0 Å². The topological polar surface area (TPSA) is 0 Å². The molecule has 1 radical (unpaired) electrons. The molecule has 0 aliphatic heterocycles. The van der Waals surface area contributed by atoms with E-state index in [-0.39, 0.29) is 78.3 Å². The molecule has 0 aliphatic rings. The first-order valence-electron chi connectivity index (χ1n) is 0. The van der Waals surface area contributed by atoms with Crippen LogP contribution in [0.15, 0.2) is 0 Å². The molecule has 4 heavy (non-hydrogen) atoms. The summed E-state index contributed by atoms with van der Waals surface area (Å²) in [6.45, 7) is 0. The normalized spacial score (nSPS) is 0. The van der Waals surface area contributed by atoms with Gasteiger partial charge in [0, 0.05) is 33.6 Å². The van der Waals surface area contributed by atoms with Crippen LogP contribution in [0.3, 0.4) is 0 Å². The van der Waals surface area contributed by atoms with Gasteiger partial charge in [-0.3, -0.25) is 0 Å². The van der Waals surface area contributed by atoms with Crippen molar-refractivity contribution in [1.82, 2.24) is 0 Å². The summed E-state index contributed by atoms with van der Waals surface area (Å²) in [5.41, 5.74) is 0. The average molecular weight is 246 g/mol. The van der Waals surface area contributed by atoms with Crippen LogP contribution >= 0.6 is 0 Å². The molecule has 27 valence electrons. The Labute approximate surface area is 77.4 Å². The summed E-state index contributed by atoms with van der Waals surface area (Å²) in [7, 11) is 0. The molecule has 0 rings (SSSR count). The molecule has 0 N–H and O–H groups in total. The fraction of sp³-hybridized carbons (Fsp3) is 0. The second-order valence-corrected chi connectivity index (χ2v) is 0. The van der Waals surface area contributed by atoms with Gasteiger partial charge in [-0.2, -0.15) is 0 Å². The molecule has 0 spiro atoms. The molecule has 0 bridgehead atoms. The Bertz CT molecular complexity index is 11.6. The quantitative estimate of drug-likeness (QED) is 0.382. The molecule has 4 heteroatoms. The van der Waals surface area contributed by atoms with Crippen LogP contribution in [-0.2, 0) is 33.6 Å². The molecule has 0 atom stereocenters. The van der Waals surface area contributed by atoms with Crippen molar-refractivity contribution in [1.29, 1.82) is 0 Å². The van der Waals surface area contributed by atoms with Gasteiger partial charge in [-0.1, -0.05) is 0 Å². The third kappa shape index (κ3) is 8.83. The summed E-state index contributed by atoms with van der Waals surface area (Å²) in [6, 6.07) is 0. The molecule has 0 unspecified atom stereocenters. The fourth-order valence-electron chi connectivity index (χ4n) is 0. The van der Waals surface area contributed by atoms with E-state index in [9.17, 15) is 0 Å². The van der Waals surface area contributed by atoms with Crippen molar-refractivity contribution in [3.05, 3.63) is 0 Å². The molecule has 0 amide bonds. The van der Waals surface area contributed by atoms with Gasteiger partial charge in [-0.25, -0.2) is 0 Å². The molecule has 0 heterocycles. The molecule has 0 nitrogen and oxygen atoms in total. The molecule has 0 fully saturated rings. The van der Waals surface area contributed by atoms with Crippen LogP contribution < -0.4 is 18.9 Å². The van der Waals surface area contributed by atoms with Crippen molar-refractivity contribution in [3.8, 4) is 0 Å². The first-order valence-corrected chi connectivity index (χ1v) is 0. The molecule has 0 aromatic heterocycles. The van der Waals surface area contributed by atoms with Crippen LogP contribution in [0.1, 0.15) is 1.43 Å². The molecule has 0 saturated heterocycles. The van der Waals surface area contributed by atoms with Crippen molar-refractivity contribution in [2.24, 2.45) is 0 Å². The number of rotatable bonds is 0.